The van der Waals surface area contributed by atoms with E-state index in [2.05, 4.69) is 16.8 Å². The zero-order valence-corrected chi connectivity index (χ0v) is 14.0. The van der Waals surface area contributed by atoms with E-state index in [0.29, 0.717) is 11.1 Å². The second-order valence-electron chi connectivity index (χ2n) is 6.43. The maximum atomic E-state index is 12.0. The van der Waals surface area contributed by atoms with Crippen molar-refractivity contribution in [3.63, 3.8) is 0 Å². The highest BCUT2D eigenvalue weighted by Gasteiger charge is 2.19. The molecule has 25 heavy (non-hydrogen) atoms. The summed E-state index contributed by atoms with van der Waals surface area (Å²) >= 11 is 0. The van der Waals surface area contributed by atoms with Gasteiger partial charge >= 0.3 is 0 Å². The maximum absolute atomic E-state index is 12.0. The van der Waals surface area contributed by atoms with E-state index in [1.807, 2.05) is 36.4 Å². The molecule has 2 heterocycles. The Morgan fingerprint density at radius 3 is 2.28 bits per heavy atom. The quantitative estimate of drug-likeness (QED) is 0.878. The third-order valence-electron chi connectivity index (χ3n) is 4.77. The Kier molecular flexibility index (Phi) is 4.45. The third-order valence-corrected chi connectivity index (χ3v) is 4.77. The number of nitriles is 2. The minimum absolute atomic E-state index is 0.0180. The molecule has 1 aliphatic heterocycles. The van der Waals surface area contributed by atoms with E-state index in [1.165, 1.54) is 12.8 Å². The fourth-order valence-corrected chi connectivity index (χ4v) is 3.24. The predicted octanol–water partition coefficient (Wildman–Crippen LogP) is 2.60. The van der Waals surface area contributed by atoms with Crippen molar-refractivity contribution in [1.29, 1.82) is 10.5 Å². The zero-order chi connectivity index (χ0) is 18.0. The topological polar surface area (TPSA) is 110 Å². The molecular weight excluding hydrogens is 314 g/mol. The maximum Gasteiger partial charge on any atom is 0.268 e. The lowest BCUT2D eigenvalue weighted by Crippen LogP contribution is -2.32. The van der Waals surface area contributed by atoms with Crippen molar-refractivity contribution in [2.24, 2.45) is 5.92 Å². The number of nitrogen functional groups attached to an aromatic ring is 1. The van der Waals surface area contributed by atoms with Gasteiger partial charge in [-0.1, -0.05) is 19.1 Å². The van der Waals surface area contributed by atoms with Crippen molar-refractivity contribution in [2.45, 2.75) is 19.8 Å². The monoisotopic (exact) mass is 333 g/mol. The molecule has 1 fully saturated rings. The van der Waals surface area contributed by atoms with Gasteiger partial charge in [-0.05, 0) is 36.5 Å². The molecule has 6 heteroatoms. The van der Waals surface area contributed by atoms with Crippen molar-refractivity contribution in [1.82, 2.24) is 4.98 Å². The summed E-state index contributed by atoms with van der Waals surface area (Å²) < 4.78 is 0. The van der Waals surface area contributed by atoms with Gasteiger partial charge in [0, 0.05) is 24.3 Å². The van der Waals surface area contributed by atoms with Crippen LogP contribution in [0.1, 0.15) is 30.9 Å². The fraction of sp³-hybridized carbons (Fsp3) is 0.316. The molecule has 3 rings (SSSR count). The van der Waals surface area contributed by atoms with E-state index in [9.17, 15) is 15.3 Å². The van der Waals surface area contributed by atoms with Crippen molar-refractivity contribution in [3.8, 4) is 23.3 Å². The van der Waals surface area contributed by atoms with E-state index in [1.54, 1.807) is 0 Å². The van der Waals surface area contributed by atoms with E-state index >= 15 is 0 Å². The second-order valence-corrected chi connectivity index (χ2v) is 6.43. The van der Waals surface area contributed by atoms with Crippen LogP contribution in [0.5, 0.6) is 0 Å². The molecule has 6 nitrogen and oxygen atoms in total. The number of rotatable bonds is 2. The van der Waals surface area contributed by atoms with E-state index < -0.39 is 5.56 Å². The van der Waals surface area contributed by atoms with Gasteiger partial charge in [-0.25, -0.2) is 0 Å². The molecule has 1 aromatic carbocycles. The van der Waals surface area contributed by atoms with Crippen LogP contribution in [0.15, 0.2) is 29.1 Å². The third kappa shape index (κ3) is 3.07. The summed E-state index contributed by atoms with van der Waals surface area (Å²) in [6, 6.07) is 11.5. The Bertz CT molecular complexity index is 923. The lowest BCUT2D eigenvalue weighted by atomic mass is 9.95. The summed E-state index contributed by atoms with van der Waals surface area (Å²) in [6.07, 6.45) is 2.34. The Balaban J connectivity index is 2.03. The predicted molar refractivity (Wildman–Crippen MR) is 97.0 cm³/mol. The number of nitrogens with one attached hydrogen (secondary N) is 1. The van der Waals surface area contributed by atoms with Gasteiger partial charge in [-0.3, -0.25) is 4.79 Å². The zero-order valence-electron chi connectivity index (χ0n) is 14.0. The SMILES string of the molecule is CC1CCN(c2ccc(-c3c(C#N)c(N)[nH]c(=O)c3C#N)cc2)CC1. The molecule has 0 atom stereocenters. The number of pyridine rings is 1. The first-order valence-corrected chi connectivity index (χ1v) is 8.26. The largest absolute Gasteiger partial charge is 0.384 e. The first-order valence-electron chi connectivity index (χ1n) is 8.26. The van der Waals surface area contributed by atoms with Crippen LogP contribution in [0.2, 0.25) is 0 Å². The Morgan fingerprint density at radius 2 is 1.72 bits per heavy atom. The Labute approximate surface area is 146 Å². The van der Waals surface area contributed by atoms with E-state index in [0.717, 1.165) is 24.7 Å². The molecule has 0 amide bonds. The molecule has 0 radical (unpaired) electrons. The number of H-pyrrole nitrogens is 1. The molecule has 126 valence electrons. The Morgan fingerprint density at radius 1 is 1.12 bits per heavy atom. The van der Waals surface area contributed by atoms with Crippen molar-refractivity contribution in [2.75, 3.05) is 23.7 Å². The number of aromatic nitrogens is 1. The van der Waals surface area contributed by atoms with Crippen LogP contribution in [0.25, 0.3) is 11.1 Å². The average molecular weight is 333 g/mol. The number of benzene rings is 1. The number of piperidine rings is 1. The number of hydrogen-bond donors (Lipinski definition) is 2. The molecule has 0 saturated carbocycles. The highest BCUT2D eigenvalue weighted by Crippen LogP contribution is 2.30. The molecule has 0 unspecified atom stereocenters. The van der Waals surface area contributed by atoms with Crippen LogP contribution < -0.4 is 16.2 Å². The highest BCUT2D eigenvalue weighted by molar-refractivity contribution is 5.80. The van der Waals surface area contributed by atoms with Crippen molar-refractivity contribution in [3.05, 3.63) is 45.7 Å². The second kappa shape index (κ2) is 6.70. The molecule has 0 spiro atoms. The summed E-state index contributed by atoms with van der Waals surface area (Å²) in [5, 5.41) is 18.7. The number of aromatic amines is 1. The van der Waals surface area contributed by atoms with Gasteiger partial charge in [0.2, 0.25) is 0 Å². The standard InChI is InChI=1S/C19H19N5O/c1-12-6-8-24(9-7-12)14-4-2-13(3-5-14)17-15(10-20)18(22)23-19(25)16(17)11-21/h2-5,12H,6-9H2,1H3,(H3,22,23,25). The summed E-state index contributed by atoms with van der Waals surface area (Å²) in [7, 11) is 0. The lowest BCUT2D eigenvalue weighted by molar-refractivity contribution is 0.438. The van der Waals surface area contributed by atoms with Gasteiger partial charge < -0.3 is 15.6 Å². The van der Waals surface area contributed by atoms with Crippen LogP contribution in [0.4, 0.5) is 11.5 Å². The molecule has 0 aliphatic carbocycles. The minimum atomic E-state index is -0.580. The Hall–Kier alpha value is -3.25. The molecule has 3 N–H and O–H groups in total. The number of anilines is 2. The van der Waals surface area contributed by atoms with Gasteiger partial charge in [0.25, 0.3) is 5.56 Å². The average Bonchev–Trinajstić information content (AvgIpc) is 2.62. The summed E-state index contributed by atoms with van der Waals surface area (Å²) in [5.41, 5.74) is 7.24. The van der Waals surface area contributed by atoms with Gasteiger partial charge in [0.05, 0.1) is 0 Å². The van der Waals surface area contributed by atoms with Gasteiger partial charge in [0.15, 0.2) is 0 Å². The fourth-order valence-electron chi connectivity index (χ4n) is 3.24. The normalized spacial score (nSPS) is 14.8. The minimum Gasteiger partial charge on any atom is -0.384 e. The van der Waals surface area contributed by atoms with E-state index in [4.69, 9.17) is 5.73 Å². The number of hydrogen-bond acceptors (Lipinski definition) is 5. The molecule has 0 bridgehead atoms. The van der Waals surface area contributed by atoms with Gasteiger partial charge in [0.1, 0.15) is 29.1 Å². The lowest BCUT2D eigenvalue weighted by Gasteiger charge is -2.32. The van der Waals surface area contributed by atoms with Crippen molar-refractivity contribution >= 4 is 11.5 Å². The molecule has 1 aliphatic rings. The summed E-state index contributed by atoms with van der Waals surface area (Å²) in [4.78, 5) is 16.7. The summed E-state index contributed by atoms with van der Waals surface area (Å²) in [6.45, 7) is 4.31. The first-order chi connectivity index (χ1) is 12.0. The van der Waals surface area contributed by atoms with E-state index in [-0.39, 0.29) is 16.9 Å². The van der Waals surface area contributed by atoms with Crippen LogP contribution in [-0.2, 0) is 0 Å². The molecule has 2 aromatic rings. The van der Waals surface area contributed by atoms with Crippen molar-refractivity contribution < 1.29 is 0 Å². The first kappa shape index (κ1) is 16.6. The molecular formula is C19H19N5O. The molecule has 1 aromatic heterocycles. The molecule has 1 saturated heterocycles. The number of nitrogens with two attached hydrogens (primary N) is 1. The van der Waals surface area contributed by atoms with Crippen LogP contribution in [0, 0.1) is 28.6 Å². The number of nitrogens with zero attached hydrogens (tertiary/aromatic N) is 3. The van der Waals surface area contributed by atoms with Gasteiger partial charge in [-0.2, -0.15) is 10.5 Å². The van der Waals surface area contributed by atoms with Crippen LogP contribution in [0.3, 0.4) is 0 Å². The highest BCUT2D eigenvalue weighted by atomic mass is 16.1. The van der Waals surface area contributed by atoms with Gasteiger partial charge in [-0.15, -0.1) is 0 Å². The summed E-state index contributed by atoms with van der Waals surface area (Å²) in [5.74, 6) is 0.738. The smallest absolute Gasteiger partial charge is 0.268 e. The van der Waals surface area contributed by atoms with Crippen LogP contribution >= 0.6 is 0 Å². The van der Waals surface area contributed by atoms with Crippen LogP contribution in [-0.4, -0.2) is 18.1 Å².